The molecule has 2 aliphatic carbocycles. The number of hydrogen-bond donors (Lipinski definition) is 2. The molecule has 0 radical (unpaired) electrons. The van der Waals surface area contributed by atoms with Gasteiger partial charge in [0.05, 0.1) is 16.8 Å². The number of hydrogen-bond acceptors (Lipinski definition) is 6. The second-order valence-corrected chi connectivity index (χ2v) is 7.51. The number of nitrogens with zero attached hydrogens (tertiary/aromatic N) is 4. The number of rotatable bonds is 4. The van der Waals surface area contributed by atoms with Gasteiger partial charge in [-0.3, -0.25) is 14.9 Å². The number of fused-ring (bicyclic) bond motifs is 2. The van der Waals surface area contributed by atoms with Crippen LogP contribution >= 0.6 is 12.4 Å². The summed E-state index contributed by atoms with van der Waals surface area (Å²) in [6, 6.07) is 6.40. The van der Waals surface area contributed by atoms with Gasteiger partial charge in [0.2, 0.25) is 0 Å². The van der Waals surface area contributed by atoms with Crippen molar-refractivity contribution in [1.29, 1.82) is 0 Å². The molecule has 2 unspecified atom stereocenters. The Morgan fingerprint density at radius 1 is 1.29 bits per heavy atom. The summed E-state index contributed by atoms with van der Waals surface area (Å²) in [5.41, 5.74) is 6.79. The predicted octanol–water partition coefficient (Wildman–Crippen LogP) is 2.23. The Bertz CT molecular complexity index is 859. The number of amides is 1. The van der Waals surface area contributed by atoms with E-state index in [1.807, 2.05) is 0 Å². The molecule has 0 saturated heterocycles. The van der Waals surface area contributed by atoms with Crippen molar-refractivity contribution in [3.63, 3.8) is 0 Å². The molecule has 2 aliphatic rings. The van der Waals surface area contributed by atoms with Crippen LogP contribution in [0.3, 0.4) is 0 Å². The molecular weight excluding hydrogens is 384 g/mol. The highest BCUT2D eigenvalue weighted by Gasteiger charge is 2.40. The second kappa shape index (κ2) is 8.24. The highest BCUT2D eigenvalue weighted by molar-refractivity contribution is 5.92. The molecule has 4 rings (SSSR count). The highest BCUT2D eigenvalue weighted by atomic mass is 35.5. The molecular formula is C18H23ClN6O3. The van der Waals surface area contributed by atoms with Gasteiger partial charge in [-0.1, -0.05) is 17.7 Å². The Kier molecular flexibility index (Phi) is 5.95. The van der Waals surface area contributed by atoms with Crippen molar-refractivity contribution in [3.05, 3.63) is 46.3 Å². The quantitative estimate of drug-likeness (QED) is 0.591. The van der Waals surface area contributed by atoms with Gasteiger partial charge in [-0.15, -0.1) is 17.5 Å². The second-order valence-electron chi connectivity index (χ2n) is 7.51. The summed E-state index contributed by atoms with van der Waals surface area (Å²) in [6.07, 6.45) is 6.77. The monoisotopic (exact) mass is 406 g/mol. The Balaban J connectivity index is 0.00000225. The number of aromatic nitrogens is 3. The fourth-order valence-electron chi connectivity index (χ4n) is 4.49. The molecule has 0 spiro atoms. The summed E-state index contributed by atoms with van der Waals surface area (Å²) in [4.78, 5) is 23.1. The van der Waals surface area contributed by atoms with Crippen LogP contribution < -0.4 is 11.1 Å². The average molecular weight is 407 g/mol. The summed E-state index contributed by atoms with van der Waals surface area (Å²) in [7, 11) is 0. The SMILES string of the molecule is Cl.NC1CC2CCCC(C1)C2NC(=O)c1cn(-c2cccc([N+](=O)[O-])c2)nn1. The molecule has 2 atom stereocenters. The number of halogens is 1. The van der Waals surface area contributed by atoms with E-state index in [1.165, 1.54) is 29.4 Å². The first-order valence-corrected chi connectivity index (χ1v) is 9.25. The van der Waals surface area contributed by atoms with Crippen LogP contribution in [0, 0.1) is 22.0 Å². The number of nitrogens with two attached hydrogens (primary N) is 1. The maximum Gasteiger partial charge on any atom is 0.273 e. The van der Waals surface area contributed by atoms with Crippen molar-refractivity contribution >= 4 is 24.0 Å². The van der Waals surface area contributed by atoms with Crippen molar-refractivity contribution in [3.8, 4) is 5.69 Å². The normalized spacial score (nSPS) is 26.2. The number of carbonyl (C=O) groups is 1. The Morgan fingerprint density at radius 3 is 2.68 bits per heavy atom. The zero-order valence-corrected chi connectivity index (χ0v) is 16.0. The summed E-state index contributed by atoms with van der Waals surface area (Å²) < 4.78 is 1.37. The molecule has 2 saturated carbocycles. The molecule has 1 aromatic heterocycles. The summed E-state index contributed by atoms with van der Waals surface area (Å²) in [5.74, 6) is 0.579. The maximum absolute atomic E-state index is 12.7. The molecule has 9 nitrogen and oxygen atoms in total. The first-order valence-electron chi connectivity index (χ1n) is 9.25. The van der Waals surface area contributed by atoms with Crippen LogP contribution in [0.5, 0.6) is 0 Å². The molecule has 1 amide bonds. The number of non-ortho nitro benzene ring substituents is 1. The maximum atomic E-state index is 12.7. The Hall–Kier alpha value is -2.52. The lowest BCUT2D eigenvalue weighted by molar-refractivity contribution is -0.384. The van der Waals surface area contributed by atoms with Gasteiger partial charge in [0, 0.05) is 24.2 Å². The lowest BCUT2D eigenvalue weighted by atomic mass is 9.67. The van der Waals surface area contributed by atoms with Gasteiger partial charge in [-0.05, 0) is 43.6 Å². The van der Waals surface area contributed by atoms with Crippen molar-refractivity contribution in [1.82, 2.24) is 20.3 Å². The molecule has 10 heteroatoms. The summed E-state index contributed by atoms with van der Waals surface area (Å²) in [5, 5.41) is 22.0. The van der Waals surface area contributed by atoms with E-state index < -0.39 is 4.92 Å². The third-order valence-corrected chi connectivity index (χ3v) is 5.71. The van der Waals surface area contributed by atoms with Gasteiger partial charge < -0.3 is 11.1 Å². The minimum Gasteiger partial charge on any atom is -0.347 e. The molecule has 2 fully saturated rings. The number of nitro groups is 1. The van der Waals surface area contributed by atoms with Gasteiger partial charge in [-0.25, -0.2) is 4.68 Å². The molecule has 2 aromatic rings. The van der Waals surface area contributed by atoms with Gasteiger partial charge >= 0.3 is 0 Å². The van der Waals surface area contributed by atoms with Crippen molar-refractivity contribution in [2.24, 2.45) is 17.6 Å². The fraction of sp³-hybridized carbons (Fsp3) is 0.500. The molecule has 0 aliphatic heterocycles. The topological polar surface area (TPSA) is 129 Å². The van der Waals surface area contributed by atoms with Crippen LogP contribution in [-0.4, -0.2) is 37.9 Å². The number of nitro benzene ring substituents is 1. The standard InChI is InChI=1S/C18H22N6O3.ClH/c19-13-7-11-3-1-4-12(8-13)17(11)20-18(25)16-10-23(22-21-16)14-5-2-6-15(9-14)24(26)27;/h2,5-6,9-13,17H,1,3-4,7-8,19H2,(H,20,25);1H. The van der Waals surface area contributed by atoms with E-state index in [4.69, 9.17) is 5.73 Å². The van der Waals surface area contributed by atoms with E-state index in [9.17, 15) is 14.9 Å². The highest BCUT2D eigenvalue weighted by Crippen LogP contribution is 2.39. The first-order chi connectivity index (χ1) is 13.0. The van der Waals surface area contributed by atoms with Crippen LogP contribution in [0.2, 0.25) is 0 Å². The zero-order valence-electron chi connectivity index (χ0n) is 15.2. The Morgan fingerprint density at radius 2 is 2.00 bits per heavy atom. The third-order valence-electron chi connectivity index (χ3n) is 5.71. The molecule has 1 aromatic carbocycles. The molecule has 1 heterocycles. The molecule has 2 bridgehead atoms. The van der Waals surface area contributed by atoms with E-state index in [0.29, 0.717) is 17.5 Å². The van der Waals surface area contributed by atoms with Crippen LogP contribution in [0.15, 0.2) is 30.5 Å². The first kappa shape index (κ1) is 20.2. The smallest absolute Gasteiger partial charge is 0.273 e. The van der Waals surface area contributed by atoms with Crippen LogP contribution in [-0.2, 0) is 0 Å². The minimum atomic E-state index is -0.472. The van der Waals surface area contributed by atoms with Gasteiger partial charge in [0.25, 0.3) is 11.6 Å². The number of benzene rings is 1. The van der Waals surface area contributed by atoms with Gasteiger partial charge in [0.15, 0.2) is 5.69 Å². The third kappa shape index (κ3) is 4.00. The van der Waals surface area contributed by atoms with E-state index >= 15 is 0 Å². The van der Waals surface area contributed by atoms with Crippen molar-refractivity contribution in [2.75, 3.05) is 0 Å². The van der Waals surface area contributed by atoms with Gasteiger partial charge in [0.1, 0.15) is 0 Å². The van der Waals surface area contributed by atoms with Crippen LogP contribution in [0.4, 0.5) is 5.69 Å². The molecule has 3 N–H and O–H groups in total. The van der Waals surface area contributed by atoms with Crippen LogP contribution in [0.1, 0.15) is 42.6 Å². The lowest BCUT2D eigenvalue weighted by Crippen LogP contribution is -2.53. The van der Waals surface area contributed by atoms with E-state index in [0.717, 1.165) is 25.7 Å². The molecule has 150 valence electrons. The van der Waals surface area contributed by atoms with Crippen molar-refractivity contribution < 1.29 is 9.72 Å². The lowest BCUT2D eigenvalue weighted by Gasteiger charge is -2.45. The molecule has 28 heavy (non-hydrogen) atoms. The summed E-state index contributed by atoms with van der Waals surface area (Å²) >= 11 is 0. The van der Waals surface area contributed by atoms with E-state index in [2.05, 4.69) is 15.6 Å². The van der Waals surface area contributed by atoms with E-state index in [-0.39, 0.29) is 41.8 Å². The predicted molar refractivity (Wildman–Crippen MR) is 105 cm³/mol. The number of nitrogens with one attached hydrogen (secondary N) is 1. The Labute approximate surface area is 168 Å². The minimum absolute atomic E-state index is 0. The van der Waals surface area contributed by atoms with E-state index in [1.54, 1.807) is 12.1 Å². The largest absolute Gasteiger partial charge is 0.347 e. The van der Waals surface area contributed by atoms with Gasteiger partial charge in [-0.2, -0.15) is 0 Å². The average Bonchev–Trinajstić information content (AvgIpc) is 3.13. The number of carbonyl (C=O) groups excluding carboxylic acids is 1. The summed E-state index contributed by atoms with van der Waals surface area (Å²) in [6.45, 7) is 0. The van der Waals surface area contributed by atoms with Crippen molar-refractivity contribution in [2.45, 2.75) is 44.2 Å². The van der Waals surface area contributed by atoms with Crippen LogP contribution in [0.25, 0.3) is 5.69 Å². The fourth-order valence-corrected chi connectivity index (χ4v) is 4.49. The zero-order chi connectivity index (χ0) is 19.0.